The van der Waals surface area contributed by atoms with Crippen LogP contribution >= 0.6 is 0 Å². The SMILES string of the molecule is C=CCN(CCCCC)C(=O)C1N(CCCCCO)C(=O)[C@@H]2[C@@H](C(=O)N(CC=C)c3ccccc3)[C@]3(C)OC12CC3C. The fourth-order valence-corrected chi connectivity index (χ4v) is 7.61. The molecule has 3 saturated heterocycles. The van der Waals surface area contributed by atoms with E-state index in [0.29, 0.717) is 45.4 Å². The lowest BCUT2D eigenvalue weighted by Gasteiger charge is -2.39. The van der Waals surface area contributed by atoms with Crippen molar-refractivity contribution < 1.29 is 24.2 Å². The molecular weight excluding hydrogens is 530 g/mol. The van der Waals surface area contributed by atoms with Crippen molar-refractivity contribution in [2.75, 3.05) is 37.7 Å². The Balaban J connectivity index is 1.77. The predicted octanol–water partition coefficient (Wildman–Crippen LogP) is 4.58. The van der Waals surface area contributed by atoms with Gasteiger partial charge in [-0.05, 0) is 57.1 Å². The number of carbonyl (C=O) groups is 3. The molecule has 0 aliphatic carbocycles. The minimum atomic E-state index is -1.08. The molecule has 1 aromatic rings. The second-order valence-corrected chi connectivity index (χ2v) is 12.4. The van der Waals surface area contributed by atoms with E-state index in [4.69, 9.17) is 4.74 Å². The van der Waals surface area contributed by atoms with Gasteiger partial charge in [0.1, 0.15) is 11.6 Å². The summed E-state index contributed by atoms with van der Waals surface area (Å²) in [6.45, 7) is 15.7. The van der Waals surface area contributed by atoms with Crippen LogP contribution < -0.4 is 4.90 Å². The van der Waals surface area contributed by atoms with E-state index in [2.05, 4.69) is 27.0 Å². The van der Waals surface area contributed by atoms with Crippen LogP contribution in [0.15, 0.2) is 55.6 Å². The third-order valence-electron chi connectivity index (χ3n) is 9.71. The van der Waals surface area contributed by atoms with Crippen LogP contribution in [0.3, 0.4) is 0 Å². The minimum absolute atomic E-state index is 0.0329. The number of aliphatic hydroxyl groups excluding tert-OH is 1. The summed E-state index contributed by atoms with van der Waals surface area (Å²) in [7, 11) is 0. The first-order valence-corrected chi connectivity index (χ1v) is 15.7. The third-order valence-corrected chi connectivity index (χ3v) is 9.71. The molecule has 1 aromatic carbocycles. The topological polar surface area (TPSA) is 90.4 Å². The maximum Gasteiger partial charge on any atom is 0.248 e. The fraction of sp³-hybridized carbons (Fsp3) is 0.618. The third kappa shape index (κ3) is 5.55. The molecule has 4 rings (SSSR count). The lowest BCUT2D eigenvalue weighted by molar-refractivity contribution is -0.152. The van der Waals surface area contributed by atoms with Gasteiger partial charge in [0.25, 0.3) is 0 Å². The highest BCUT2D eigenvalue weighted by molar-refractivity contribution is 6.03. The van der Waals surface area contributed by atoms with Crippen molar-refractivity contribution in [1.29, 1.82) is 0 Å². The van der Waals surface area contributed by atoms with E-state index in [-0.39, 0.29) is 30.2 Å². The number of benzene rings is 1. The molecule has 3 fully saturated rings. The molecule has 3 heterocycles. The number of nitrogens with zero attached hydrogens (tertiary/aromatic N) is 3. The van der Waals surface area contributed by atoms with Crippen molar-refractivity contribution in [1.82, 2.24) is 9.80 Å². The number of aliphatic hydroxyl groups is 1. The Morgan fingerprint density at radius 1 is 1.07 bits per heavy atom. The number of likely N-dealkylation sites (tertiary alicyclic amines) is 1. The zero-order valence-corrected chi connectivity index (χ0v) is 25.7. The monoisotopic (exact) mass is 579 g/mol. The number of para-hydroxylation sites is 1. The van der Waals surface area contributed by atoms with Crippen LogP contribution in [-0.2, 0) is 19.1 Å². The quantitative estimate of drug-likeness (QED) is 0.229. The summed E-state index contributed by atoms with van der Waals surface area (Å²) < 4.78 is 6.95. The van der Waals surface area contributed by atoms with Crippen LogP contribution in [0.2, 0.25) is 0 Å². The van der Waals surface area contributed by atoms with Crippen molar-refractivity contribution in [3.8, 4) is 0 Å². The molecule has 0 radical (unpaired) electrons. The number of rotatable bonds is 16. The van der Waals surface area contributed by atoms with Gasteiger partial charge in [-0.3, -0.25) is 14.4 Å². The first kappa shape index (κ1) is 32.0. The Kier molecular flexibility index (Phi) is 10.3. The zero-order chi connectivity index (χ0) is 30.5. The van der Waals surface area contributed by atoms with Gasteiger partial charge in [0.15, 0.2) is 0 Å². The molecule has 8 nitrogen and oxygen atoms in total. The Labute approximate surface area is 251 Å². The summed E-state index contributed by atoms with van der Waals surface area (Å²) in [6.07, 6.45) is 8.91. The number of hydrogen-bond donors (Lipinski definition) is 1. The number of amides is 3. The molecule has 3 amide bonds. The number of anilines is 1. The standard InChI is InChI=1S/C34H49N3O5/c1-6-9-14-21-35(19-7-2)32(41)29-34-24-25(4)33(5,42-34)27(28(34)31(40)37(29)22-15-11-16-23-38)30(39)36(20-8-3)26-17-12-10-13-18-26/h7-8,10,12-13,17-18,25,27-29,38H,2-3,6,9,11,14-16,19-24H2,1,4-5H3/t25?,27-,28-,29?,33+,34?/m0/s1. The van der Waals surface area contributed by atoms with E-state index in [1.807, 2.05) is 42.2 Å². The van der Waals surface area contributed by atoms with Crippen LogP contribution in [0, 0.1) is 17.8 Å². The molecule has 3 aliphatic heterocycles. The molecule has 6 atom stereocenters. The van der Waals surface area contributed by atoms with Gasteiger partial charge in [-0.2, -0.15) is 0 Å². The van der Waals surface area contributed by atoms with Crippen molar-refractivity contribution >= 4 is 23.4 Å². The molecule has 2 bridgehead atoms. The molecule has 0 aromatic heterocycles. The lowest BCUT2D eigenvalue weighted by Crippen LogP contribution is -2.57. The van der Waals surface area contributed by atoms with E-state index >= 15 is 0 Å². The largest absolute Gasteiger partial charge is 0.396 e. The second kappa shape index (κ2) is 13.6. The Bertz CT molecular complexity index is 1140. The maximum absolute atomic E-state index is 14.5. The van der Waals surface area contributed by atoms with Gasteiger partial charge in [0, 0.05) is 38.5 Å². The van der Waals surface area contributed by atoms with Gasteiger partial charge in [-0.15, -0.1) is 13.2 Å². The zero-order valence-electron chi connectivity index (χ0n) is 25.7. The Morgan fingerprint density at radius 2 is 1.79 bits per heavy atom. The van der Waals surface area contributed by atoms with Gasteiger partial charge in [0.05, 0.1) is 17.4 Å². The minimum Gasteiger partial charge on any atom is -0.396 e. The number of unbranched alkanes of at least 4 members (excludes halogenated alkanes) is 4. The lowest BCUT2D eigenvalue weighted by atomic mass is 9.62. The second-order valence-electron chi connectivity index (χ2n) is 12.4. The molecule has 1 N–H and O–H groups in total. The normalized spacial score (nSPS) is 29.4. The number of ether oxygens (including phenoxy) is 1. The van der Waals surface area contributed by atoms with Gasteiger partial charge >= 0.3 is 0 Å². The molecule has 42 heavy (non-hydrogen) atoms. The van der Waals surface area contributed by atoms with E-state index in [9.17, 15) is 19.5 Å². The van der Waals surface area contributed by atoms with Crippen molar-refractivity contribution in [3.63, 3.8) is 0 Å². The van der Waals surface area contributed by atoms with Crippen molar-refractivity contribution in [3.05, 3.63) is 55.6 Å². The van der Waals surface area contributed by atoms with Gasteiger partial charge in [-0.25, -0.2) is 0 Å². The predicted molar refractivity (Wildman–Crippen MR) is 165 cm³/mol. The molecule has 3 aliphatic rings. The van der Waals surface area contributed by atoms with Gasteiger partial charge < -0.3 is 24.5 Å². The smallest absolute Gasteiger partial charge is 0.248 e. The van der Waals surface area contributed by atoms with Crippen LogP contribution in [0.1, 0.15) is 65.7 Å². The summed E-state index contributed by atoms with van der Waals surface area (Å²) in [6, 6.07) is 8.64. The average Bonchev–Trinajstić information content (AvgIpc) is 3.49. The van der Waals surface area contributed by atoms with Gasteiger partial charge in [-0.1, -0.05) is 57.0 Å². The highest BCUT2D eigenvalue weighted by atomic mass is 16.5. The average molecular weight is 580 g/mol. The van der Waals surface area contributed by atoms with Crippen LogP contribution in [0.4, 0.5) is 5.69 Å². The Morgan fingerprint density at radius 3 is 2.43 bits per heavy atom. The van der Waals surface area contributed by atoms with Crippen molar-refractivity contribution in [2.24, 2.45) is 17.8 Å². The highest BCUT2D eigenvalue weighted by Gasteiger charge is 2.80. The summed E-state index contributed by atoms with van der Waals surface area (Å²) >= 11 is 0. The van der Waals surface area contributed by atoms with Crippen LogP contribution in [0.25, 0.3) is 0 Å². The molecule has 1 spiro atoms. The van der Waals surface area contributed by atoms with Crippen LogP contribution in [-0.4, -0.2) is 82.7 Å². The summed E-state index contributed by atoms with van der Waals surface area (Å²) in [5.74, 6) is -2.00. The van der Waals surface area contributed by atoms with E-state index in [0.717, 1.165) is 31.4 Å². The van der Waals surface area contributed by atoms with Gasteiger partial charge in [0.2, 0.25) is 17.7 Å². The first-order valence-electron chi connectivity index (χ1n) is 15.7. The Hall–Kier alpha value is -2.97. The maximum atomic E-state index is 14.5. The summed E-state index contributed by atoms with van der Waals surface area (Å²) in [5.41, 5.74) is -1.23. The summed E-state index contributed by atoms with van der Waals surface area (Å²) in [4.78, 5) is 48.7. The van der Waals surface area contributed by atoms with Crippen LogP contribution in [0.5, 0.6) is 0 Å². The van der Waals surface area contributed by atoms with Crippen molar-refractivity contribution in [2.45, 2.75) is 83.0 Å². The molecule has 0 saturated carbocycles. The molecule has 8 heteroatoms. The number of carbonyl (C=O) groups excluding carboxylic acids is 3. The first-order chi connectivity index (χ1) is 20.2. The molecular formula is C34H49N3O5. The van der Waals surface area contributed by atoms with E-state index < -0.39 is 29.1 Å². The summed E-state index contributed by atoms with van der Waals surface area (Å²) in [5, 5.41) is 9.32. The fourth-order valence-electron chi connectivity index (χ4n) is 7.61. The van der Waals surface area contributed by atoms with E-state index in [1.54, 1.807) is 22.0 Å². The number of fused-ring (bicyclic) bond motifs is 1. The molecule has 3 unspecified atom stereocenters. The molecule has 230 valence electrons. The highest BCUT2D eigenvalue weighted by Crippen LogP contribution is 2.65. The number of hydrogen-bond acceptors (Lipinski definition) is 5. The van der Waals surface area contributed by atoms with E-state index in [1.165, 1.54) is 0 Å².